The van der Waals surface area contributed by atoms with Gasteiger partial charge in [-0.3, -0.25) is 0 Å². The molecule has 4 nitrogen and oxygen atoms in total. The first kappa shape index (κ1) is 20.7. The summed E-state index contributed by atoms with van der Waals surface area (Å²) in [5.74, 6) is 1.79. The normalized spacial score (nSPS) is 16.1. The third kappa shape index (κ3) is 6.97. The Morgan fingerprint density at radius 2 is 1.96 bits per heavy atom. The van der Waals surface area contributed by atoms with E-state index in [0.717, 1.165) is 37.9 Å². The number of halogens is 1. The molecule has 23 heavy (non-hydrogen) atoms. The van der Waals surface area contributed by atoms with E-state index in [1.54, 1.807) is 0 Å². The van der Waals surface area contributed by atoms with Crippen molar-refractivity contribution < 1.29 is 0 Å². The first-order valence-electron chi connectivity index (χ1n) is 8.40. The fourth-order valence-electron chi connectivity index (χ4n) is 2.65. The predicted octanol–water partition coefficient (Wildman–Crippen LogP) is 3.32. The topological polar surface area (TPSA) is 39.7 Å². The van der Waals surface area contributed by atoms with Gasteiger partial charge in [0.2, 0.25) is 0 Å². The van der Waals surface area contributed by atoms with Crippen LogP contribution >= 0.6 is 35.3 Å². The Hall–Kier alpha value is -0.340. The molecule has 1 aromatic rings. The second-order valence-corrected chi connectivity index (χ2v) is 7.42. The number of nitrogens with one attached hydrogen (secondary N) is 2. The van der Waals surface area contributed by atoms with Crippen molar-refractivity contribution in [3.8, 4) is 0 Å². The fraction of sp³-hybridized carbons (Fsp3) is 0.706. The number of rotatable bonds is 8. The minimum absolute atomic E-state index is 0. The Morgan fingerprint density at radius 1 is 1.26 bits per heavy atom. The summed E-state index contributed by atoms with van der Waals surface area (Å²) in [6.45, 7) is 6.93. The molecule has 0 amide bonds. The van der Waals surface area contributed by atoms with Gasteiger partial charge in [0.15, 0.2) is 5.96 Å². The molecular formula is C17H31IN4S. The largest absolute Gasteiger partial charge is 0.357 e. The molecule has 1 atom stereocenters. The van der Waals surface area contributed by atoms with Gasteiger partial charge in [0.1, 0.15) is 0 Å². The van der Waals surface area contributed by atoms with Gasteiger partial charge in [-0.05, 0) is 58.3 Å². The van der Waals surface area contributed by atoms with Crippen LogP contribution in [0.1, 0.15) is 36.4 Å². The number of aryl methyl sites for hydroxylation is 1. The number of aliphatic imine (C=N–C) groups is 1. The number of guanidine groups is 1. The molecule has 1 aliphatic rings. The average molecular weight is 450 g/mol. The Bertz CT molecular complexity index is 481. The summed E-state index contributed by atoms with van der Waals surface area (Å²) < 4.78 is 0. The van der Waals surface area contributed by atoms with Gasteiger partial charge < -0.3 is 15.5 Å². The Labute approximate surface area is 162 Å². The van der Waals surface area contributed by atoms with Crippen LogP contribution in [0.4, 0.5) is 0 Å². The van der Waals surface area contributed by atoms with Crippen LogP contribution in [0.25, 0.3) is 0 Å². The van der Waals surface area contributed by atoms with Crippen molar-refractivity contribution in [3.63, 3.8) is 0 Å². The molecule has 0 aromatic carbocycles. The zero-order valence-electron chi connectivity index (χ0n) is 14.8. The second kappa shape index (κ2) is 10.5. The summed E-state index contributed by atoms with van der Waals surface area (Å²) in [4.78, 5) is 9.83. The quantitative estimate of drug-likeness (QED) is 0.363. The van der Waals surface area contributed by atoms with Gasteiger partial charge in [-0.15, -0.1) is 35.3 Å². The summed E-state index contributed by atoms with van der Waals surface area (Å²) >= 11 is 1.87. The van der Waals surface area contributed by atoms with Crippen LogP contribution in [-0.2, 0) is 13.0 Å². The van der Waals surface area contributed by atoms with E-state index < -0.39 is 0 Å². The lowest BCUT2D eigenvalue weighted by Crippen LogP contribution is -2.46. The van der Waals surface area contributed by atoms with Gasteiger partial charge >= 0.3 is 0 Å². The smallest absolute Gasteiger partial charge is 0.191 e. The lowest BCUT2D eigenvalue weighted by atomic mass is 10.1. The molecule has 0 aliphatic heterocycles. The highest BCUT2D eigenvalue weighted by Crippen LogP contribution is 2.34. The molecule has 1 heterocycles. The van der Waals surface area contributed by atoms with Crippen molar-refractivity contribution in [2.75, 3.05) is 27.2 Å². The first-order chi connectivity index (χ1) is 10.6. The van der Waals surface area contributed by atoms with Crippen molar-refractivity contribution >= 4 is 41.3 Å². The van der Waals surface area contributed by atoms with E-state index in [-0.39, 0.29) is 24.0 Å². The van der Waals surface area contributed by atoms with Crippen LogP contribution in [0.2, 0.25) is 0 Å². The fourth-order valence-corrected chi connectivity index (χ4v) is 3.53. The number of likely N-dealkylation sites (N-methyl/N-ethyl adjacent to an activating group) is 1. The van der Waals surface area contributed by atoms with Crippen molar-refractivity contribution in [1.82, 2.24) is 15.5 Å². The highest BCUT2D eigenvalue weighted by molar-refractivity contribution is 14.0. The number of hydrogen-bond acceptors (Lipinski definition) is 3. The van der Waals surface area contributed by atoms with Crippen molar-refractivity contribution in [2.24, 2.45) is 10.9 Å². The van der Waals surface area contributed by atoms with Crippen molar-refractivity contribution in [3.05, 3.63) is 21.9 Å². The van der Waals surface area contributed by atoms with E-state index in [9.17, 15) is 0 Å². The minimum Gasteiger partial charge on any atom is -0.357 e. The molecule has 1 fully saturated rings. The molecule has 2 N–H and O–H groups in total. The molecule has 0 radical (unpaired) electrons. The monoisotopic (exact) mass is 450 g/mol. The molecule has 132 valence electrons. The minimum atomic E-state index is 0. The van der Waals surface area contributed by atoms with E-state index in [1.165, 1.54) is 22.6 Å². The van der Waals surface area contributed by atoms with Gasteiger partial charge in [-0.2, -0.15) is 0 Å². The Balaban J connectivity index is 0.00000264. The molecule has 2 rings (SSSR count). The van der Waals surface area contributed by atoms with Gasteiger partial charge in [-0.25, -0.2) is 4.99 Å². The zero-order valence-corrected chi connectivity index (χ0v) is 17.9. The Morgan fingerprint density at radius 3 is 2.48 bits per heavy atom. The molecule has 1 aliphatic carbocycles. The molecule has 1 unspecified atom stereocenters. The maximum Gasteiger partial charge on any atom is 0.191 e. The van der Waals surface area contributed by atoms with Crippen molar-refractivity contribution in [2.45, 2.75) is 45.7 Å². The lowest BCUT2D eigenvalue weighted by Gasteiger charge is -2.25. The van der Waals surface area contributed by atoms with E-state index >= 15 is 0 Å². The lowest BCUT2D eigenvalue weighted by molar-refractivity contribution is 0.264. The van der Waals surface area contributed by atoms with Crippen LogP contribution in [-0.4, -0.2) is 44.1 Å². The molecule has 1 aromatic heterocycles. The zero-order chi connectivity index (χ0) is 15.9. The SMILES string of the molecule is CCNC(=NCc1ccc(CC)s1)NCC(C1CC1)N(C)C.I. The highest BCUT2D eigenvalue weighted by Gasteiger charge is 2.32. The second-order valence-electron chi connectivity index (χ2n) is 6.17. The Kier molecular flexibility index (Phi) is 9.46. The van der Waals surface area contributed by atoms with Crippen LogP contribution in [0, 0.1) is 5.92 Å². The summed E-state index contributed by atoms with van der Waals surface area (Å²) in [5.41, 5.74) is 0. The number of nitrogens with zero attached hydrogens (tertiary/aromatic N) is 2. The average Bonchev–Trinajstić information content (AvgIpc) is 3.22. The molecule has 0 spiro atoms. The number of thiophene rings is 1. The third-order valence-electron chi connectivity index (χ3n) is 4.11. The summed E-state index contributed by atoms with van der Waals surface area (Å²) in [5, 5.41) is 6.87. The molecular weight excluding hydrogens is 419 g/mol. The first-order valence-corrected chi connectivity index (χ1v) is 9.21. The van der Waals surface area contributed by atoms with Crippen molar-refractivity contribution in [1.29, 1.82) is 0 Å². The summed E-state index contributed by atoms with van der Waals surface area (Å²) in [6.07, 6.45) is 3.85. The standard InChI is InChI=1S/C17H30N4S.HI/c1-5-14-9-10-15(22-14)11-19-17(18-6-2)20-12-16(21(3)4)13-7-8-13;/h9-10,13,16H,5-8,11-12H2,1-4H3,(H2,18,19,20);1H. The summed E-state index contributed by atoms with van der Waals surface area (Å²) in [7, 11) is 4.35. The van der Waals surface area contributed by atoms with Gasteiger partial charge in [-0.1, -0.05) is 6.92 Å². The van der Waals surface area contributed by atoms with Gasteiger partial charge in [0.05, 0.1) is 6.54 Å². The number of hydrogen-bond donors (Lipinski definition) is 2. The third-order valence-corrected chi connectivity index (χ3v) is 5.33. The van der Waals surface area contributed by atoms with Gasteiger partial charge in [0.25, 0.3) is 0 Å². The van der Waals surface area contributed by atoms with Crippen LogP contribution in [0.3, 0.4) is 0 Å². The maximum atomic E-state index is 4.73. The molecule has 0 bridgehead atoms. The molecule has 0 saturated heterocycles. The summed E-state index contributed by atoms with van der Waals surface area (Å²) in [6, 6.07) is 5.02. The van der Waals surface area contributed by atoms with Crippen LogP contribution in [0.15, 0.2) is 17.1 Å². The molecule has 6 heteroatoms. The maximum absolute atomic E-state index is 4.73. The van der Waals surface area contributed by atoms with Crippen LogP contribution in [0.5, 0.6) is 0 Å². The van der Waals surface area contributed by atoms with E-state index in [1.807, 2.05) is 11.3 Å². The van der Waals surface area contributed by atoms with Gasteiger partial charge in [0, 0.05) is 28.9 Å². The highest BCUT2D eigenvalue weighted by atomic mass is 127. The van der Waals surface area contributed by atoms with Crippen LogP contribution < -0.4 is 10.6 Å². The van der Waals surface area contributed by atoms with E-state index in [4.69, 9.17) is 4.99 Å². The van der Waals surface area contributed by atoms with E-state index in [0.29, 0.717) is 6.04 Å². The van der Waals surface area contributed by atoms with E-state index in [2.05, 4.69) is 55.6 Å². The predicted molar refractivity (Wildman–Crippen MR) is 112 cm³/mol. The molecule has 1 saturated carbocycles.